The fraction of sp³-hybridized carbons (Fsp3) is 0.200. The van der Waals surface area contributed by atoms with E-state index >= 15 is 0 Å². The third-order valence-electron chi connectivity index (χ3n) is 5.76. The van der Waals surface area contributed by atoms with Crippen molar-refractivity contribution in [1.29, 1.82) is 0 Å². The number of halogens is 3. The molecular formula is C25H19ClF2N4O5S. The highest BCUT2D eigenvalue weighted by molar-refractivity contribution is 7.91. The number of carbonyl (C=O) groups is 1. The highest BCUT2D eigenvalue weighted by Gasteiger charge is 2.23. The van der Waals surface area contributed by atoms with E-state index < -0.39 is 28.2 Å². The Morgan fingerprint density at radius 3 is 2.71 bits per heavy atom. The molecular weight excluding hydrogens is 542 g/mol. The molecule has 13 heteroatoms. The zero-order chi connectivity index (χ0) is 26.9. The number of carbonyl (C=O) groups excluding carboxylic acids is 1. The first-order valence-corrected chi connectivity index (χ1v) is 13.3. The molecule has 9 nitrogen and oxygen atoms in total. The normalized spacial score (nSPS) is 14.6. The largest absolute Gasteiger partial charge is 0.415 e. The lowest BCUT2D eigenvalue weighted by Crippen LogP contribution is -2.23. The molecule has 0 radical (unpaired) electrons. The summed E-state index contributed by atoms with van der Waals surface area (Å²) in [6, 6.07) is 12.5. The monoisotopic (exact) mass is 560 g/mol. The molecule has 1 amide bonds. The van der Waals surface area contributed by atoms with Crippen LogP contribution in [0.15, 0.2) is 59.6 Å². The highest BCUT2D eigenvalue weighted by atomic mass is 35.5. The first kappa shape index (κ1) is 25.9. The van der Waals surface area contributed by atoms with Gasteiger partial charge in [0.15, 0.2) is 9.84 Å². The van der Waals surface area contributed by atoms with E-state index in [1.165, 1.54) is 18.2 Å². The number of fused-ring (bicyclic) bond motifs is 2. The Morgan fingerprint density at radius 1 is 1.11 bits per heavy atom. The molecule has 1 aliphatic heterocycles. The van der Waals surface area contributed by atoms with Crippen LogP contribution < -0.4 is 10.1 Å². The summed E-state index contributed by atoms with van der Waals surface area (Å²) in [4.78, 5) is 25.8. The Balaban J connectivity index is 1.35. The molecule has 0 saturated carbocycles. The summed E-state index contributed by atoms with van der Waals surface area (Å²) in [5.41, 5.74) is 2.42. The van der Waals surface area contributed by atoms with Gasteiger partial charge < -0.3 is 14.8 Å². The summed E-state index contributed by atoms with van der Waals surface area (Å²) in [5, 5.41) is 3.39. The molecule has 0 bridgehead atoms. The van der Waals surface area contributed by atoms with Crippen LogP contribution in [0.25, 0.3) is 22.3 Å². The fourth-order valence-corrected chi connectivity index (χ4v) is 5.41. The molecule has 38 heavy (non-hydrogen) atoms. The number of aromatic nitrogens is 3. The SMILES string of the molecule is O=C(NCc1cc2nc(-c3ccc(Cl)c(OC(F)F)n3)ccc2cn1)c1ccc2c(c1)S(=O)(=O)CCOC2. The molecule has 1 aliphatic rings. The van der Waals surface area contributed by atoms with Crippen molar-refractivity contribution in [2.45, 2.75) is 24.7 Å². The predicted octanol–water partition coefficient (Wildman–Crippen LogP) is 4.18. The Kier molecular flexibility index (Phi) is 7.19. The number of sulfone groups is 1. The summed E-state index contributed by atoms with van der Waals surface area (Å²) in [7, 11) is -3.55. The first-order chi connectivity index (χ1) is 18.2. The number of hydrogen-bond donors (Lipinski definition) is 1. The first-order valence-electron chi connectivity index (χ1n) is 11.3. The van der Waals surface area contributed by atoms with Crippen LogP contribution in [0.3, 0.4) is 0 Å². The van der Waals surface area contributed by atoms with Gasteiger partial charge in [-0.3, -0.25) is 9.78 Å². The van der Waals surface area contributed by atoms with Gasteiger partial charge in [-0.2, -0.15) is 8.78 Å². The van der Waals surface area contributed by atoms with Gasteiger partial charge in [-0.05, 0) is 48.0 Å². The topological polar surface area (TPSA) is 120 Å². The van der Waals surface area contributed by atoms with Crippen molar-refractivity contribution in [3.8, 4) is 17.3 Å². The molecule has 4 heterocycles. The van der Waals surface area contributed by atoms with Gasteiger partial charge >= 0.3 is 6.61 Å². The Labute approximate surface area is 220 Å². The number of alkyl halides is 2. The molecule has 0 aliphatic carbocycles. The van der Waals surface area contributed by atoms with E-state index in [1.807, 2.05) is 0 Å². The van der Waals surface area contributed by atoms with Crippen molar-refractivity contribution >= 4 is 38.2 Å². The maximum absolute atomic E-state index is 12.8. The lowest BCUT2D eigenvalue weighted by atomic mass is 10.1. The van der Waals surface area contributed by atoms with E-state index in [4.69, 9.17) is 16.3 Å². The Bertz CT molecular complexity index is 1650. The molecule has 1 N–H and O–H groups in total. The van der Waals surface area contributed by atoms with Gasteiger partial charge in [-0.15, -0.1) is 0 Å². The van der Waals surface area contributed by atoms with Gasteiger partial charge in [0, 0.05) is 17.1 Å². The standard InChI is InChI=1S/C25H19ClF2N4O5S/c26-18-4-6-20(32-24(18)37-25(27)28)19-5-3-15-11-29-17(10-21(15)31-19)12-30-23(33)14-1-2-16-13-36-7-8-38(34,35)22(16)9-14/h1-6,9-11,25H,7-8,12-13H2,(H,30,33). The average Bonchev–Trinajstić information content (AvgIpc) is 3.05. The number of benzene rings is 1. The van der Waals surface area contributed by atoms with Crippen molar-refractivity contribution in [2.24, 2.45) is 0 Å². The fourth-order valence-electron chi connectivity index (χ4n) is 3.87. The van der Waals surface area contributed by atoms with Crippen LogP contribution in [0.1, 0.15) is 21.6 Å². The van der Waals surface area contributed by atoms with Crippen LogP contribution in [0, 0.1) is 0 Å². The third-order valence-corrected chi connectivity index (χ3v) is 7.80. The minimum atomic E-state index is -3.55. The second kappa shape index (κ2) is 10.6. The number of hydrogen-bond acceptors (Lipinski definition) is 8. The van der Waals surface area contributed by atoms with Crippen LogP contribution in [-0.2, 0) is 27.7 Å². The summed E-state index contributed by atoms with van der Waals surface area (Å²) in [6.45, 7) is -2.76. The zero-order valence-electron chi connectivity index (χ0n) is 19.5. The van der Waals surface area contributed by atoms with Crippen molar-refractivity contribution in [2.75, 3.05) is 12.4 Å². The van der Waals surface area contributed by atoms with Crippen molar-refractivity contribution in [3.05, 3.63) is 76.6 Å². The lowest BCUT2D eigenvalue weighted by molar-refractivity contribution is -0.0527. The van der Waals surface area contributed by atoms with E-state index in [-0.39, 0.29) is 46.7 Å². The van der Waals surface area contributed by atoms with E-state index in [0.717, 1.165) is 0 Å². The van der Waals surface area contributed by atoms with Crippen LogP contribution in [0.5, 0.6) is 5.88 Å². The van der Waals surface area contributed by atoms with Gasteiger partial charge in [0.1, 0.15) is 5.02 Å². The predicted molar refractivity (Wildman–Crippen MR) is 134 cm³/mol. The van der Waals surface area contributed by atoms with Crippen molar-refractivity contribution < 1.29 is 31.5 Å². The van der Waals surface area contributed by atoms with Gasteiger partial charge in [0.05, 0.1) is 53.0 Å². The third kappa shape index (κ3) is 5.57. The van der Waals surface area contributed by atoms with E-state index in [1.54, 1.807) is 36.5 Å². The summed E-state index contributed by atoms with van der Waals surface area (Å²) >= 11 is 5.88. The van der Waals surface area contributed by atoms with Gasteiger partial charge in [-0.1, -0.05) is 17.7 Å². The van der Waals surface area contributed by atoms with Crippen molar-refractivity contribution in [1.82, 2.24) is 20.3 Å². The minimum absolute atomic E-state index is 0.0548. The number of nitrogens with zero attached hydrogens (tertiary/aromatic N) is 3. The number of nitrogens with one attached hydrogen (secondary N) is 1. The molecule has 0 fully saturated rings. The van der Waals surface area contributed by atoms with Gasteiger partial charge in [0.25, 0.3) is 5.91 Å². The molecule has 0 atom stereocenters. The summed E-state index contributed by atoms with van der Waals surface area (Å²) < 4.78 is 60.0. The highest BCUT2D eigenvalue weighted by Crippen LogP contribution is 2.28. The Morgan fingerprint density at radius 2 is 1.89 bits per heavy atom. The van der Waals surface area contributed by atoms with Crippen LogP contribution in [-0.4, -0.2) is 48.2 Å². The van der Waals surface area contributed by atoms with Crippen LogP contribution >= 0.6 is 11.6 Å². The molecule has 196 valence electrons. The number of amides is 1. The number of pyridine rings is 3. The van der Waals surface area contributed by atoms with Crippen LogP contribution in [0.2, 0.25) is 5.02 Å². The summed E-state index contributed by atoms with van der Waals surface area (Å²) in [5.74, 6) is -1.02. The minimum Gasteiger partial charge on any atom is -0.415 e. The molecule has 4 aromatic rings. The summed E-state index contributed by atoms with van der Waals surface area (Å²) in [6.07, 6.45) is 1.59. The van der Waals surface area contributed by atoms with Gasteiger partial charge in [0.2, 0.25) is 5.88 Å². The molecule has 0 spiro atoms. The zero-order valence-corrected chi connectivity index (χ0v) is 21.1. The number of ether oxygens (including phenoxy) is 2. The van der Waals surface area contributed by atoms with E-state index in [9.17, 15) is 22.0 Å². The lowest BCUT2D eigenvalue weighted by Gasteiger charge is -2.10. The molecule has 5 rings (SSSR count). The van der Waals surface area contributed by atoms with Crippen molar-refractivity contribution in [3.63, 3.8) is 0 Å². The molecule has 0 saturated heterocycles. The average molecular weight is 561 g/mol. The quantitative estimate of drug-likeness (QED) is 0.373. The maximum Gasteiger partial charge on any atom is 0.388 e. The van der Waals surface area contributed by atoms with Gasteiger partial charge in [-0.25, -0.2) is 18.4 Å². The van der Waals surface area contributed by atoms with Crippen LogP contribution in [0.4, 0.5) is 8.78 Å². The van der Waals surface area contributed by atoms with E-state index in [2.05, 4.69) is 25.0 Å². The smallest absolute Gasteiger partial charge is 0.388 e. The van der Waals surface area contributed by atoms with E-state index in [0.29, 0.717) is 27.9 Å². The maximum atomic E-state index is 12.8. The second-order valence-electron chi connectivity index (χ2n) is 8.30. The second-order valence-corrected chi connectivity index (χ2v) is 10.8. The number of rotatable bonds is 6. The molecule has 3 aromatic heterocycles. The molecule has 1 aromatic carbocycles. The molecule has 0 unspecified atom stereocenters. The Hall–Kier alpha value is -3.74.